The highest BCUT2D eigenvalue weighted by Gasteiger charge is 2.36. The zero-order valence-corrected chi connectivity index (χ0v) is 12.5. The molecule has 0 radical (unpaired) electrons. The van der Waals surface area contributed by atoms with Crippen LogP contribution in [0, 0.1) is 22.7 Å². The van der Waals surface area contributed by atoms with E-state index in [1.165, 1.54) is 0 Å². The number of carbonyl (C=O) groups is 1. The maximum Gasteiger partial charge on any atom is 0.244 e. The van der Waals surface area contributed by atoms with E-state index >= 15 is 0 Å². The van der Waals surface area contributed by atoms with Gasteiger partial charge in [0.2, 0.25) is 5.91 Å². The third-order valence-corrected chi connectivity index (χ3v) is 4.23. The van der Waals surface area contributed by atoms with Crippen LogP contribution >= 0.6 is 0 Å². The van der Waals surface area contributed by atoms with Crippen LogP contribution in [0.2, 0.25) is 0 Å². The molecule has 1 fully saturated rings. The van der Waals surface area contributed by atoms with Crippen LogP contribution in [0.15, 0.2) is 30.3 Å². The topological polar surface area (TPSA) is 44.1 Å². The van der Waals surface area contributed by atoms with Gasteiger partial charge in [-0.15, -0.1) is 0 Å². The van der Waals surface area contributed by atoms with Crippen molar-refractivity contribution in [1.82, 2.24) is 4.90 Å². The van der Waals surface area contributed by atoms with Crippen LogP contribution < -0.4 is 0 Å². The third-order valence-electron chi connectivity index (χ3n) is 4.23. The number of amides is 1. The molecule has 0 N–H and O–H groups in total. The average Bonchev–Trinajstić information content (AvgIpc) is 2.90. The molecule has 1 aromatic rings. The molecule has 1 aliphatic rings. The summed E-state index contributed by atoms with van der Waals surface area (Å²) in [6.07, 6.45) is 1.03. The zero-order chi connectivity index (χ0) is 14.8. The number of rotatable bonds is 2. The molecule has 3 heteroatoms. The van der Waals surface area contributed by atoms with E-state index < -0.39 is 5.92 Å². The van der Waals surface area contributed by atoms with Crippen molar-refractivity contribution < 1.29 is 4.79 Å². The van der Waals surface area contributed by atoms with E-state index in [9.17, 15) is 10.1 Å². The molecule has 0 aliphatic carbocycles. The molecule has 2 atom stereocenters. The molecule has 20 heavy (non-hydrogen) atoms. The second kappa shape index (κ2) is 5.66. The minimum absolute atomic E-state index is 0.0505. The van der Waals surface area contributed by atoms with Gasteiger partial charge in [0.15, 0.2) is 0 Å². The molecule has 1 aliphatic heterocycles. The Bertz CT molecular complexity index is 510. The Hall–Kier alpha value is -1.82. The van der Waals surface area contributed by atoms with Gasteiger partial charge in [-0.3, -0.25) is 4.79 Å². The number of hydrogen-bond acceptors (Lipinski definition) is 2. The highest BCUT2D eigenvalue weighted by atomic mass is 16.2. The maximum absolute atomic E-state index is 12.6. The van der Waals surface area contributed by atoms with Crippen molar-refractivity contribution in [1.29, 1.82) is 5.26 Å². The van der Waals surface area contributed by atoms with Crippen LogP contribution in [0.5, 0.6) is 0 Å². The van der Waals surface area contributed by atoms with Gasteiger partial charge in [-0.2, -0.15) is 5.26 Å². The van der Waals surface area contributed by atoms with Gasteiger partial charge in [-0.05, 0) is 23.3 Å². The Balaban J connectivity index is 2.10. The summed E-state index contributed by atoms with van der Waals surface area (Å²) in [6, 6.07) is 11.5. The Morgan fingerprint density at radius 3 is 2.50 bits per heavy atom. The smallest absolute Gasteiger partial charge is 0.244 e. The monoisotopic (exact) mass is 270 g/mol. The van der Waals surface area contributed by atoms with Gasteiger partial charge in [0.1, 0.15) is 5.92 Å². The summed E-state index contributed by atoms with van der Waals surface area (Å²) in [5.41, 5.74) is 1.00. The zero-order valence-electron chi connectivity index (χ0n) is 12.5. The largest absolute Gasteiger partial charge is 0.341 e. The molecular formula is C17H22N2O. The van der Waals surface area contributed by atoms with Crippen molar-refractivity contribution >= 4 is 5.91 Å². The van der Waals surface area contributed by atoms with Crippen LogP contribution in [0.25, 0.3) is 0 Å². The van der Waals surface area contributed by atoms with Crippen LogP contribution in [-0.2, 0) is 4.79 Å². The van der Waals surface area contributed by atoms with Crippen LogP contribution in [0.1, 0.15) is 38.7 Å². The van der Waals surface area contributed by atoms with Gasteiger partial charge in [-0.1, -0.05) is 51.1 Å². The van der Waals surface area contributed by atoms with Gasteiger partial charge in [0.25, 0.3) is 0 Å². The van der Waals surface area contributed by atoms with E-state index in [2.05, 4.69) is 26.8 Å². The van der Waals surface area contributed by atoms with Crippen LogP contribution in [0.3, 0.4) is 0 Å². The van der Waals surface area contributed by atoms with E-state index in [0.29, 0.717) is 5.92 Å². The second-order valence-electron chi connectivity index (χ2n) is 6.61. The van der Waals surface area contributed by atoms with E-state index in [0.717, 1.165) is 25.1 Å². The highest BCUT2D eigenvalue weighted by molar-refractivity contribution is 5.86. The molecule has 1 aromatic carbocycles. The average molecular weight is 270 g/mol. The Kier molecular flexibility index (Phi) is 4.13. The maximum atomic E-state index is 12.6. The molecule has 106 valence electrons. The van der Waals surface area contributed by atoms with Crippen molar-refractivity contribution in [3.8, 4) is 6.07 Å². The molecule has 0 bridgehead atoms. The lowest BCUT2D eigenvalue weighted by Crippen LogP contribution is -2.34. The Labute approximate surface area is 121 Å². The fourth-order valence-electron chi connectivity index (χ4n) is 2.77. The normalized spacial score (nSPS) is 20.5. The predicted molar refractivity (Wildman–Crippen MR) is 78.9 cm³/mol. The first kappa shape index (κ1) is 14.6. The lowest BCUT2D eigenvalue weighted by Gasteiger charge is -2.27. The SMILES string of the molecule is CC(C)(C)C1CCN(C(=O)C(C#N)c2ccccc2)C1. The first-order chi connectivity index (χ1) is 9.43. The molecule has 0 spiro atoms. The number of benzene rings is 1. The molecule has 3 nitrogen and oxygen atoms in total. The Morgan fingerprint density at radius 2 is 2.00 bits per heavy atom. The number of carbonyl (C=O) groups excluding carboxylic acids is 1. The minimum Gasteiger partial charge on any atom is -0.341 e. The second-order valence-corrected chi connectivity index (χ2v) is 6.61. The fraction of sp³-hybridized carbons (Fsp3) is 0.529. The van der Waals surface area contributed by atoms with Crippen molar-refractivity contribution in [2.75, 3.05) is 13.1 Å². The van der Waals surface area contributed by atoms with Crippen molar-refractivity contribution in [3.05, 3.63) is 35.9 Å². The van der Waals surface area contributed by atoms with Gasteiger partial charge < -0.3 is 4.90 Å². The molecular weight excluding hydrogens is 248 g/mol. The third kappa shape index (κ3) is 3.01. The summed E-state index contributed by atoms with van der Waals surface area (Å²) < 4.78 is 0. The van der Waals surface area contributed by atoms with Crippen molar-refractivity contribution in [3.63, 3.8) is 0 Å². The first-order valence-corrected chi connectivity index (χ1v) is 7.17. The van der Waals surface area contributed by atoms with E-state index in [1.54, 1.807) is 0 Å². The van der Waals surface area contributed by atoms with E-state index in [4.69, 9.17) is 0 Å². The number of nitrogens with zero attached hydrogens (tertiary/aromatic N) is 2. The van der Waals surface area contributed by atoms with Gasteiger partial charge >= 0.3 is 0 Å². The standard InChI is InChI=1S/C17H22N2O/c1-17(2,3)14-9-10-19(12-14)16(20)15(11-18)13-7-5-4-6-8-13/h4-8,14-15H,9-10,12H2,1-3H3. The van der Waals surface area contributed by atoms with E-state index in [-0.39, 0.29) is 11.3 Å². The lowest BCUT2D eigenvalue weighted by molar-refractivity contribution is -0.130. The van der Waals surface area contributed by atoms with Gasteiger partial charge in [0.05, 0.1) is 6.07 Å². The Morgan fingerprint density at radius 1 is 1.35 bits per heavy atom. The molecule has 1 saturated heterocycles. The molecule has 1 amide bonds. The first-order valence-electron chi connectivity index (χ1n) is 7.17. The number of hydrogen-bond donors (Lipinski definition) is 0. The summed E-state index contributed by atoms with van der Waals surface area (Å²) in [6.45, 7) is 8.18. The molecule has 1 heterocycles. The summed E-state index contributed by atoms with van der Waals surface area (Å²) >= 11 is 0. The predicted octanol–water partition coefficient (Wildman–Crippen LogP) is 3.19. The van der Waals surface area contributed by atoms with E-state index in [1.807, 2.05) is 35.2 Å². The van der Waals surface area contributed by atoms with Gasteiger partial charge in [0, 0.05) is 13.1 Å². The minimum atomic E-state index is -0.671. The molecule has 0 aromatic heterocycles. The quantitative estimate of drug-likeness (QED) is 0.828. The van der Waals surface area contributed by atoms with Crippen molar-refractivity contribution in [2.24, 2.45) is 11.3 Å². The fourth-order valence-corrected chi connectivity index (χ4v) is 2.77. The molecule has 2 rings (SSSR count). The molecule has 0 saturated carbocycles. The summed E-state index contributed by atoms with van der Waals surface area (Å²) in [5.74, 6) is -0.207. The lowest BCUT2D eigenvalue weighted by atomic mass is 9.80. The van der Waals surface area contributed by atoms with Crippen LogP contribution in [0.4, 0.5) is 0 Å². The summed E-state index contributed by atoms with van der Waals surface area (Å²) in [5, 5.41) is 9.34. The van der Waals surface area contributed by atoms with Gasteiger partial charge in [-0.25, -0.2) is 0 Å². The number of likely N-dealkylation sites (tertiary alicyclic amines) is 1. The highest BCUT2D eigenvalue weighted by Crippen LogP contribution is 2.34. The summed E-state index contributed by atoms with van der Waals surface area (Å²) in [4.78, 5) is 14.4. The van der Waals surface area contributed by atoms with Crippen LogP contribution in [-0.4, -0.2) is 23.9 Å². The number of nitriles is 1. The molecule has 2 unspecified atom stereocenters. The summed E-state index contributed by atoms with van der Waals surface area (Å²) in [7, 11) is 0. The van der Waals surface area contributed by atoms with Crippen molar-refractivity contribution in [2.45, 2.75) is 33.1 Å².